The molecule has 0 aromatic carbocycles. The molecule has 0 aliphatic heterocycles. The van der Waals surface area contributed by atoms with Crippen LogP contribution in [-0.2, 0) is 17.6 Å². The van der Waals surface area contributed by atoms with Gasteiger partial charge in [-0.25, -0.2) is 0 Å². The van der Waals surface area contributed by atoms with Gasteiger partial charge in [-0.3, -0.25) is 4.79 Å². The number of nitrogens with one attached hydrogen (secondary N) is 1. The van der Waals surface area contributed by atoms with Gasteiger partial charge >= 0.3 is 0 Å². The van der Waals surface area contributed by atoms with Crippen molar-refractivity contribution in [1.82, 2.24) is 14.8 Å². The monoisotopic (exact) mass is 361 g/mol. The van der Waals surface area contributed by atoms with E-state index >= 15 is 0 Å². The summed E-state index contributed by atoms with van der Waals surface area (Å²) in [6, 6.07) is 2.52. The molecule has 3 rings (SSSR count). The highest BCUT2D eigenvalue weighted by Gasteiger charge is 2.22. The van der Waals surface area contributed by atoms with Crippen LogP contribution < -0.4 is 5.32 Å². The Kier molecular flexibility index (Phi) is 5.21. The van der Waals surface area contributed by atoms with E-state index < -0.39 is 0 Å². The van der Waals surface area contributed by atoms with Crippen LogP contribution in [0.4, 0.5) is 5.00 Å². The maximum Gasteiger partial charge on any atom is 0.235 e. The van der Waals surface area contributed by atoms with E-state index in [1.165, 1.54) is 16.6 Å². The Balaban J connectivity index is 1.66. The number of carbonyl (C=O) groups is 1. The number of hydrogen-bond donors (Lipinski definition) is 1. The minimum Gasteiger partial charge on any atom is -0.316 e. The minimum atomic E-state index is -0.117. The van der Waals surface area contributed by atoms with E-state index in [1.807, 2.05) is 18.4 Å². The Labute approximate surface area is 149 Å². The van der Waals surface area contributed by atoms with Crippen LogP contribution in [-0.4, -0.2) is 26.4 Å². The van der Waals surface area contributed by atoms with Gasteiger partial charge in [0, 0.05) is 10.9 Å². The number of nitrogens with zero attached hydrogens (tertiary/aromatic N) is 4. The summed E-state index contributed by atoms with van der Waals surface area (Å²) in [5.74, 6) is 0.132. The molecular weight excluding hydrogens is 342 g/mol. The van der Waals surface area contributed by atoms with Gasteiger partial charge in [0.25, 0.3) is 0 Å². The first-order valence-electron chi connectivity index (χ1n) is 7.97. The van der Waals surface area contributed by atoms with Crippen molar-refractivity contribution in [3.63, 3.8) is 0 Å². The molecule has 0 saturated heterocycles. The maximum absolute atomic E-state index is 12.3. The number of thioether (sulfide) groups is 1. The lowest BCUT2D eigenvalue weighted by atomic mass is 9.96. The summed E-state index contributed by atoms with van der Waals surface area (Å²) >= 11 is 2.91. The molecule has 2 aromatic heterocycles. The second-order valence-electron chi connectivity index (χ2n) is 5.98. The predicted octanol–water partition coefficient (Wildman–Crippen LogP) is 3.40. The molecule has 6 nitrogen and oxygen atoms in total. The number of nitriles is 1. The number of aryl methyl sites for hydroxylation is 1. The molecule has 1 amide bonds. The van der Waals surface area contributed by atoms with Crippen molar-refractivity contribution in [1.29, 1.82) is 5.26 Å². The molecule has 1 aliphatic rings. The third-order valence-electron chi connectivity index (χ3n) is 3.96. The standard InChI is InChI=1S/C16H19N5OS2/c1-10(2)21-9-18-20-16(21)23-8-14(22)19-15-12(7-17)11-5-3-4-6-13(11)24-15/h9-10H,3-6,8H2,1-2H3,(H,19,22). The number of thiophene rings is 1. The van der Waals surface area contributed by atoms with Crippen molar-refractivity contribution >= 4 is 34.0 Å². The molecule has 0 atom stereocenters. The highest BCUT2D eigenvalue weighted by atomic mass is 32.2. The van der Waals surface area contributed by atoms with E-state index in [0.717, 1.165) is 36.4 Å². The fourth-order valence-electron chi connectivity index (χ4n) is 2.75. The van der Waals surface area contributed by atoms with E-state index in [1.54, 1.807) is 17.7 Å². The average Bonchev–Trinajstić information content (AvgIpc) is 3.16. The van der Waals surface area contributed by atoms with Gasteiger partial charge in [0.1, 0.15) is 17.4 Å². The van der Waals surface area contributed by atoms with Gasteiger partial charge in [0.2, 0.25) is 5.91 Å². The van der Waals surface area contributed by atoms with Gasteiger partial charge in [0.15, 0.2) is 5.16 Å². The van der Waals surface area contributed by atoms with Crippen molar-refractivity contribution in [2.24, 2.45) is 0 Å². The molecule has 0 unspecified atom stereocenters. The van der Waals surface area contributed by atoms with Crippen molar-refractivity contribution in [2.45, 2.75) is 50.7 Å². The number of fused-ring (bicyclic) bond motifs is 1. The fraction of sp³-hybridized carbons (Fsp3) is 0.500. The van der Waals surface area contributed by atoms with E-state index in [9.17, 15) is 10.1 Å². The molecule has 1 N–H and O–H groups in total. The molecule has 8 heteroatoms. The summed E-state index contributed by atoms with van der Waals surface area (Å²) in [5, 5.41) is 21.7. The SMILES string of the molecule is CC(C)n1cnnc1SCC(=O)Nc1sc2c(c1C#N)CCCC2. The first-order chi connectivity index (χ1) is 11.6. The summed E-state index contributed by atoms with van der Waals surface area (Å²) < 4.78 is 1.93. The summed E-state index contributed by atoms with van der Waals surface area (Å²) in [6.07, 6.45) is 5.90. The van der Waals surface area contributed by atoms with Gasteiger partial charge in [0.05, 0.1) is 11.3 Å². The van der Waals surface area contributed by atoms with Gasteiger partial charge in [-0.15, -0.1) is 21.5 Å². The van der Waals surface area contributed by atoms with Gasteiger partial charge < -0.3 is 9.88 Å². The summed E-state index contributed by atoms with van der Waals surface area (Å²) in [6.45, 7) is 4.09. The minimum absolute atomic E-state index is 0.117. The first-order valence-corrected chi connectivity index (χ1v) is 9.77. The molecule has 1 aliphatic carbocycles. The zero-order valence-corrected chi connectivity index (χ0v) is 15.3. The average molecular weight is 361 g/mol. The Morgan fingerprint density at radius 2 is 2.29 bits per heavy atom. The van der Waals surface area contributed by atoms with E-state index in [0.29, 0.717) is 10.6 Å². The Morgan fingerprint density at radius 1 is 1.50 bits per heavy atom. The van der Waals surface area contributed by atoms with Crippen molar-refractivity contribution in [3.8, 4) is 6.07 Å². The second-order valence-corrected chi connectivity index (χ2v) is 8.03. The lowest BCUT2D eigenvalue weighted by Crippen LogP contribution is -2.14. The Hall–Kier alpha value is -1.85. The van der Waals surface area contributed by atoms with Crippen LogP contribution in [0, 0.1) is 11.3 Å². The van der Waals surface area contributed by atoms with E-state index in [2.05, 4.69) is 21.6 Å². The zero-order valence-electron chi connectivity index (χ0n) is 13.7. The lowest BCUT2D eigenvalue weighted by Gasteiger charge is -2.09. The number of anilines is 1. The van der Waals surface area contributed by atoms with Crippen molar-refractivity contribution < 1.29 is 4.79 Å². The molecular formula is C16H19N5OS2. The Bertz CT molecular complexity index is 787. The predicted molar refractivity (Wildman–Crippen MR) is 95.4 cm³/mol. The number of rotatable bonds is 5. The molecule has 0 spiro atoms. The molecule has 0 bridgehead atoms. The molecule has 126 valence electrons. The van der Waals surface area contributed by atoms with Crippen molar-refractivity contribution in [3.05, 3.63) is 22.3 Å². The molecule has 0 radical (unpaired) electrons. The Morgan fingerprint density at radius 3 is 3.04 bits per heavy atom. The lowest BCUT2D eigenvalue weighted by molar-refractivity contribution is -0.113. The molecule has 2 heterocycles. The smallest absolute Gasteiger partial charge is 0.235 e. The summed E-state index contributed by atoms with van der Waals surface area (Å²) in [4.78, 5) is 13.5. The van der Waals surface area contributed by atoms with Crippen LogP contribution in [0.25, 0.3) is 0 Å². The van der Waals surface area contributed by atoms with Crippen LogP contribution in [0.15, 0.2) is 11.5 Å². The van der Waals surface area contributed by atoms with E-state index in [4.69, 9.17) is 0 Å². The third kappa shape index (κ3) is 3.47. The maximum atomic E-state index is 12.3. The molecule has 0 fully saturated rings. The summed E-state index contributed by atoms with van der Waals surface area (Å²) in [5.41, 5.74) is 1.79. The highest BCUT2D eigenvalue weighted by Crippen LogP contribution is 2.37. The van der Waals surface area contributed by atoms with Crippen LogP contribution in [0.2, 0.25) is 0 Å². The van der Waals surface area contributed by atoms with Crippen LogP contribution in [0.3, 0.4) is 0 Å². The van der Waals surface area contributed by atoms with Gasteiger partial charge in [-0.2, -0.15) is 5.26 Å². The number of amides is 1. The number of carbonyl (C=O) groups excluding carboxylic acids is 1. The van der Waals surface area contributed by atoms with Gasteiger partial charge in [-0.1, -0.05) is 11.8 Å². The first kappa shape index (κ1) is 17.0. The fourth-order valence-corrected chi connectivity index (χ4v) is 4.85. The normalized spacial score (nSPS) is 13.6. The van der Waals surface area contributed by atoms with E-state index in [-0.39, 0.29) is 17.7 Å². The van der Waals surface area contributed by atoms with Crippen LogP contribution >= 0.6 is 23.1 Å². The van der Waals surface area contributed by atoms with Gasteiger partial charge in [-0.05, 0) is 45.1 Å². The number of aromatic nitrogens is 3. The number of hydrogen-bond acceptors (Lipinski definition) is 6. The second kappa shape index (κ2) is 7.36. The molecule has 2 aromatic rings. The quantitative estimate of drug-likeness (QED) is 0.825. The topological polar surface area (TPSA) is 83.6 Å². The van der Waals surface area contributed by atoms with Crippen LogP contribution in [0.5, 0.6) is 0 Å². The van der Waals surface area contributed by atoms with Crippen LogP contribution in [0.1, 0.15) is 48.7 Å². The molecule has 24 heavy (non-hydrogen) atoms. The molecule has 0 saturated carbocycles. The third-order valence-corrected chi connectivity index (χ3v) is 6.13. The largest absolute Gasteiger partial charge is 0.316 e. The zero-order chi connectivity index (χ0) is 17.1. The van der Waals surface area contributed by atoms with Crippen molar-refractivity contribution in [2.75, 3.05) is 11.1 Å². The summed E-state index contributed by atoms with van der Waals surface area (Å²) in [7, 11) is 0. The highest BCUT2D eigenvalue weighted by molar-refractivity contribution is 7.99.